The summed E-state index contributed by atoms with van der Waals surface area (Å²) in [5.41, 5.74) is 3.36. The molecule has 1 aliphatic carbocycles. The molecule has 1 aromatic heterocycles. The van der Waals surface area contributed by atoms with Gasteiger partial charge in [-0.25, -0.2) is 4.98 Å². The quantitative estimate of drug-likeness (QED) is 0.720. The zero-order valence-electron chi connectivity index (χ0n) is 15.9. The van der Waals surface area contributed by atoms with Gasteiger partial charge in [-0.15, -0.1) is 0 Å². The molecule has 1 saturated carbocycles. The molecule has 1 N–H and O–H groups in total. The molecule has 4 heteroatoms. The Bertz CT molecular complexity index is 950. The molecule has 0 aliphatic heterocycles. The van der Waals surface area contributed by atoms with Gasteiger partial charge in [-0.3, -0.25) is 9.69 Å². The fraction of sp³-hybridized carbons (Fsp3) is 0.304. The molecule has 1 fully saturated rings. The molecule has 0 bridgehead atoms. The Hall–Kier alpha value is -2.72. The minimum Gasteiger partial charge on any atom is -0.350 e. The summed E-state index contributed by atoms with van der Waals surface area (Å²) in [5, 5.41) is 4.01. The van der Waals surface area contributed by atoms with Gasteiger partial charge >= 0.3 is 0 Å². The molecular formula is C23H25N3O. The van der Waals surface area contributed by atoms with Crippen LogP contribution in [0.5, 0.6) is 0 Å². The van der Waals surface area contributed by atoms with Gasteiger partial charge in [-0.1, -0.05) is 48.5 Å². The van der Waals surface area contributed by atoms with Crippen molar-refractivity contribution in [1.29, 1.82) is 0 Å². The number of carbonyl (C=O) groups excluding carboxylic acids is 1. The molecule has 2 aromatic carbocycles. The first-order chi connectivity index (χ1) is 13.1. The zero-order valence-corrected chi connectivity index (χ0v) is 15.9. The van der Waals surface area contributed by atoms with E-state index in [4.69, 9.17) is 4.98 Å². The number of para-hydroxylation sites is 1. The number of nitrogens with zero attached hydrogens (tertiary/aromatic N) is 2. The van der Waals surface area contributed by atoms with Gasteiger partial charge in [0.05, 0.1) is 16.8 Å². The van der Waals surface area contributed by atoms with Crippen LogP contribution in [0.2, 0.25) is 0 Å². The van der Waals surface area contributed by atoms with Crippen molar-refractivity contribution in [3.05, 3.63) is 66.2 Å². The van der Waals surface area contributed by atoms with Crippen molar-refractivity contribution < 1.29 is 4.79 Å². The van der Waals surface area contributed by atoms with E-state index in [-0.39, 0.29) is 5.91 Å². The summed E-state index contributed by atoms with van der Waals surface area (Å²) in [6, 6.07) is 20.7. The summed E-state index contributed by atoms with van der Waals surface area (Å²) < 4.78 is 0. The lowest BCUT2D eigenvalue weighted by Gasteiger charge is -2.24. The van der Waals surface area contributed by atoms with E-state index in [9.17, 15) is 4.79 Å². The van der Waals surface area contributed by atoms with E-state index in [2.05, 4.69) is 24.2 Å². The molecular weight excluding hydrogens is 334 g/mol. The van der Waals surface area contributed by atoms with Crippen molar-refractivity contribution in [2.75, 3.05) is 13.6 Å². The lowest BCUT2D eigenvalue weighted by Crippen LogP contribution is -2.41. The average Bonchev–Trinajstić information content (AvgIpc) is 3.56. The van der Waals surface area contributed by atoms with Crippen LogP contribution in [0.25, 0.3) is 22.2 Å². The average molecular weight is 359 g/mol. The highest BCUT2D eigenvalue weighted by Crippen LogP contribution is 2.27. The van der Waals surface area contributed by atoms with Gasteiger partial charge in [0.15, 0.2) is 0 Å². The number of carbonyl (C=O) groups is 1. The van der Waals surface area contributed by atoms with E-state index in [1.165, 1.54) is 12.8 Å². The third kappa shape index (κ3) is 3.86. The Morgan fingerprint density at radius 3 is 2.59 bits per heavy atom. The number of benzene rings is 2. The number of likely N-dealkylation sites (N-methyl/N-ethyl adjacent to an activating group) is 1. The number of amides is 1. The molecule has 138 valence electrons. The van der Waals surface area contributed by atoms with Crippen LogP contribution in [0.3, 0.4) is 0 Å². The fourth-order valence-electron chi connectivity index (χ4n) is 3.44. The zero-order chi connectivity index (χ0) is 18.8. The van der Waals surface area contributed by atoms with Crippen LogP contribution < -0.4 is 5.32 Å². The minimum absolute atomic E-state index is 0.0400. The molecule has 3 aromatic rings. The normalized spacial score (nSPS) is 15.1. The second kappa shape index (κ2) is 7.49. The third-order valence-corrected chi connectivity index (χ3v) is 5.41. The molecule has 1 aliphatic rings. The Labute approximate surface area is 160 Å². The third-order valence-electron chi connectivity index (χ3n) is 5.41. The molecule has 1 atom stereocenters. The molecule has 1 amide bonds. The highest BCUT2D eigenvalue weighted by atomic mass is 16.1. The van der Waals surface area contributed by atoms with Crippen molar-refractivity contribution in [1.82, 2.24) is 15.2 Å². The second-order valence-corrected chi connectivity index (χ2v) is 7.39. The molecule has 1 heterocycles. The monoisotopic (exact) mass is 359 g/mol. The maximum absolute atomic E-state index is 13.0. The van der Waals surface area contributed by atoms with E-state index < -0.39 is 0 Å². The summed E-state index contributed by atoms with van der Waals surface area (Å²) in [5.74, 6) is -0.0400. The number of fused-ring (bicyclic) bond motifs is 1. The van der Waals surface area contributed by atoms with Crippen LogP contribution in [-0.2, 0) is 0 Å². The Morgan fingerprint density at radius 2 is 1.85 bits per heavy atom. The van der Waals surface area contributed by atoms with E-state index >= 15 is 0 Å². The summed E-state index contributed by atoms with van der Waals surface area (Å²) in [4.78, 5) is 20.1. The van der Waals surface area contributed by atoms with Gasteiger partial charge in [-0.2, -0.15) is 0 Å². The largest absolute Gasteiger partial charge is 0.350 e. The number of aromatic nitrogens is 1. The van der Waals surface area contributed by atoms with Gasteiger partial charge in [-0.05, 0) is 38.9 Å². The SMILES string of the molecule is CC(CNC(=O)c1cc(-c2ccccc2)nc2ccccc12)N(C)C1CC1. The van der Waals surface area contributed by atoms with Gasteiger partial charge in [0.1, 0.15) is 0 Å². The highest BCUT2D eigenvalue weighted by Gasteiger charge is 2.29. The first-order valence-electron chi connectivity index (χ1n) is 9.59. The van der Waals surface area contributed by atoms with Gasteiger partial charge in [0.2, 0.25) is 0 Å². The Kier molecular flexibility index (Phi) is 4.90. The summed E-state index contributed by atoms with van der Waals surface area (Å²) in [6.45, 7) is 2.81. The molecule has 0 saturated heterocycles. The van der Waals surface area contributed by atoms with Crippen LogP contribution in [0.1, 0.15) is 30.1 Å². The van der Waals surface area contributed by atoms with E-state index in [1.54, 1.807) is 0 Å². The van der Waals surface area contributed by atoms with Crippen LogP contribution in [-0.4, -0.2) is 41.5 Å². The van der Waals surface area contributed by atoms with Crippen molar-refractivity contribution in [2.24, 2.45) is 0 Å². The number of hydrogen-bond donors (Lipinski definition) is 1. The van der Waals surface area contributed by atoms with Crippen molar-refractivity contribution in [2.45, 2.75) is 31.8 Å². The van der Waals surface area contributed by atoms with Crippen LogP contribution in [0.15, 0.2) is 60.7 Å². The topological polar surface area (TPSA) is 45.2 Å². The minimum atomic E-state index is -0.0400. The predicted molar refractivity (Wildman–Crippen MR) is 110 cm³/mol. The molecule has 1 unspecified atom stereocenters. The maximum Gasteiger partial charge on any atom is 0.252 e. The first kappa shape index (κ1) is 17.7. The smallest absolute Gasteiger partial charge is 0.252 e. The van der Waals surface area contributed by atoms with Crippen molar-refractivity contribution in [3.8, 4) is 11.3 Å². The first-order valence-corrected chi connectivity index (χ1v) is 9.59. The maximum atomic E-state index is 13.0. The second-order valence-electron chi connectivity index (χ2n) is 7.39. The van der Waals surface area contributed by atoms with Gasteiger partial charge in [0.25, 0.3) is 5.91 Å². The lowest BCUT2D eigenvalue weighted by atomic mass is 10.0. The lowest BCUT2D eigenvalue weighted by molar-refractivity contribution is 0.0941. The van der Waals surface area contributed by atoms with Gasteiger partial charge < -0.3 is 5.32 Å². The van der Waals surface area contributed by atoms with Crippen LogP contribution >= 0.6 is 0 Å². The van der Waals surface area contributed by atoms with Crippen molar-refractivity contribution >= 4 is 16.8 Å². The molecule has 27 heavy (non-hydrogen) atoms. The standard InChI is InChI=1S/C23H25N3O/c1-16(26(2)18-12-13-18)15-24-23(27)20-14-22(17-8-4-3-5-9-17)25-21-11-7-6-10-19(20)21/h3-11,14,16,18H,12-13,15H2,1-2H3,(H,24,27). The number of hydrogen-bond acceptors (Lipinski definition) is 3. The molecule has 0 spiro atoms. The van der Waals surface area contributed by atoms with Gasteiger partial charge in [0, 0.05) is 29.6 Å². The van der Waals surface area contributed by atoms with E-state index in [0.29, 0.717) is 24.2 Å². The number of pyridine rings is 1. The molecule has 4 nitrogen and oxygen atoms in total. The number of nitrogens with one attached hydrogen (secondary N) is 1. The highest BCUT2D eigenvalue weighted by molar-refractivity contribution is 6.07. The van der Waals surface area contributed by atoms with Crippen LogP contribution in [0, 0.1) is 0 Å². The van der Waals surface area contributed by atoms with E-state index in [0.717, 1.165) is 22.2 Å². The Morgan fingerprint density at radius 1 is 1.15 bits per heavy atom. The molecule has 4 rings (SSSR count). The predicted octanol–water partition coefficient (Wildman–Crippen LogP) is 4.11. The summed E-state index contributed by atoms with van der Waals surface area (Å²) in [6.07, 6.45) is 2.54. The fourth-order valence-corrected chi connectivity index (χ4v) is 3.44. The van der Waals surface area contributed by atoms with Crippen molar-refractivity contribution in [3.63, 3.8) is 0 Å². The van der Waals surface area contributed by atoms with Crippen LogP contribution in [0.4, 0.5) is 0 Å². The van der Waals surface area contributed by atoms with E-state index in [1.807, 2.05) is 60.7 Å². The summed E-state index contributed by atoms with van der Waals surface area (Å²) >= 11 is 0. The summed E-state index contributed by atoms with van der Waals surface area (Å²) in [7, 11) is 2.14. The number of rotatable bonds is 6. The molecule has 0 radical (unpaired) electrons. The Balaban J connectivity index is 1.62.